The second kappa shape index (κ2) is 5.37. The van der Waals surface area contributed by atoms with Gasteiger partial charge in [-0.2, -0.15) is 0 Å². The lowest BCUT2D eigenvalue weighted by molar-refractivity contribution is -0.141. The van der Waals surface area contributed by atoms with Gasteiger partial charge in [0.05, 0.1) is 7.11 Å². The SMILES string of the molecule is COC(=O)CC[C@H](F)c1ccccc1. The summed E-state index contributed by atoms with van der Waals surface area (Å²) in [6, 6.07) is 8.81. The summed E-state index contributed by atoms with van der Waals surface area (Å²) in [5, 5.41) is 0. The van der Waals surface area contributed by atoms with Gasteiger partial charge in [-0.15, -0.1) is 0 Å². The Hall–Kier alpha value is -1.38. The van der Waals surface area contributed by atoms with Crippen LogP contribution in [0.3, 0.4) is 0 Å². The third kappa shape index (κ3) is 3.17. The number of benzene rings is 1. The van der Waals surface area contributed by atoms with Gasteiger partial charge in [0.2, 0.25) is 0 Å². The van der Waals surface area contributed by atoms with E-state index < -0.39 is 6.17 Å². The summed E-state index contributed by atoms with van der Waals surface area (Å²) in [5.41, 5.74) is 0.608. The van der Waals surface area contributed by atoms with E-state index in [0.29, 0.717) is 5.56 Å². The molecule has 0 heterocycles. The van der Waals surface area contributed by atoms with Crippen LogP contribution in [0.1, 0.15) is 24.6 Å². The summed E-state index contributed by atoms with van der Waals surface area (Å²) < 4.78 is 17.9. The second-order valence-electron chi connectivity index (χ2n) is 2.99. The molecule has 0 fully saturated rings. The minimum atomic E-state index is -1.09. The fraction of sp³-hybridized carbons (Fsp3) is 0.364. The maximum atomic E-state index is 13.4. The largest absolute Gasteiger partial charge is 0.469 e. The van der Waals surface area contributed by atoms with Crippen molar-refractivity contribution in [3.8, 4) is 0 Å². The topological polar surface area (TPSA) is 26.3 Å². The molecule has 0 unspecified atom stereocenters. The summed E-state index contributed by atoms with van der Waals surface area (Å²) in [6.45, 7) is 0. The molecule has 76 valence electrons. The summed E-state index contributed by atoms with van der Waals surface area (Å²) in [4.78, 5) is 10.8. The lowest BCUT2D eigenvalue weighted by Crippen LogP contribution is -2.02. The number of hydrogen-bond acceptors (Lipinski definition) is 2. The summed E-state index contributed by atoms with van der Waals surface area (Å²) in [7, 11) is 1.30. The Balaban J connectivity index is 2.43. The first kappa shape index (κ1) is 10.7. The minimum absolute atomic E-state index is 0.118. The standard InChI is InChI=1S/C11H13FO2/c1-14-11(13)8-7-10(12)9-5-3-2-4-6-9/h2-6,10H,7-8H2,1H3/t10-/m0/s1. The number of hydrogen-bond donors (Lipinski definition) is 0. The number of carbonyl (C=O) groups is 1. The molecule has 0 aliphatic carbocycles. The Kier molecular flexibility index (Phi) is 4.11. The van der Waals surface area contributed by atoms with Crippen LogP contribution < -0.4 is 0 Å². The zero-order valence-electron chi connectivity index (χ0n) is 8.07. The fourth-order valence-corrected chi connectivity index (χ4v) is 1.18. The van der Waals surface area contributed by atoms with E-state index in [-0.39, 0.29) is 18.8 Å². The van der Waals surface area contributed by atoms with E-state index in [1.165, 1.54) is 7.11 Å². The average molecular weight is 196 g/mol. The van der Waals surface area contributed by atoms with Gasteiger partial charge in [-0.1, -0.05) is 30.3 Å². The van der Waals surface area contributed by atoms with Crippen LogP contribution in [0.5, 0.6) is 0 Å². The molecule has 1 atom stereocenters. The maximum Gasteiger partial charge on any atom is 0.305 e. The number of rotatable bonds is 4. The molecule has 0 aliphatic heterocycles. The lowest BCUT2D eigenvalue weighted by Gasteiger charge is -2.06. The first-order valence-corrected chi connectivity index (χ1v) is 4.50. The van der Waals surface area contributed by atoms with E-state index in [0.717, 1.165) is 0 Å². The molecule has 0 radical (unpaired) electrons. The van der Waals surface area contributed by atoms with Crippen LogP contribution in [0.2, 0.25) is 0 Å². The molecule has 0 spiro atoms. The Labute approximate surface area is 82.7 Å². The molecule has 1 aromatic carbocycles. The first-order chi connectivity index (χ1) is 6.74. The predicted molar refractivity (Wildman–Crippen MR) is 51.5 cm³/mol. The van der Waals surface area contributed by atoms with Crippen molar-refractivity contribution >= 4 is 5.97 Å². The number of methoxy groups -OCH3 is 1. The monoisotopic (exact) mass is 196 g/mol. The Morgan fingerprint density at radius 1 is 1.43 bits per heavy atom. The Bertz CT molecular complexity index is 285. The van der Waals surface area contributed by atoms with Crippen LogP contribution in [-0.2, 0) is 9.53 Å². The molecule has 1 aromatic rings. The van der Waals surface area contributed by atoms with Gasteiger partial charge in [-0.25, -0.2) is 4.39 Å². The third-order valence-corrected chi connectivity index (χ3v) is 1.99. The molecule has 0 amide bonds. The summed E-state index contributed by atoms with van der Waals surface area (Å²) in [6.07, 6.45) is -0.793. The smallest absolute Gasteiger partial charge is 0.305 e. The van der Waals surface area contributed by atoms with E-state index in [2.05, 4.69) is 4.74 Å². The quantitative estimate of drug-likeness (QED) is 0.692. The first-order valence-electron chi connectivity index (χ1n) is 4.50. The molecular weight excluding hydrogens is 183 g/mol. The lowest BCUT2D eigenvalue weighted by atomic mass is 10.1. The van der Waals surface area contributed by atoms with Crippen molar-refractivity contribution < 1.29 is 13.9 Å². The van der Waals surface area contributed by atoms with Crippen LogP contribution in [-0.4, -0.2) is 13.1 Å². The highest BCUT2D eigenvalue weighted by molar-refractivity contribution is 5.69. The molecule has 3 heteroatoms. The molecule has 0 aliphatic rings. The van der Waals surface area contributed by atoms with Gasteiger partial charge in [0.1, 0.15) is 6.17 Å². The van der Waals surface area contributed by atoms with Gasteiger partial charge in [0.25, 0.3) is 0 Å². The Morgan fingerprint density at radius 3 is 2.64 bits per heavy atom. The highest BCUT2D eigenvalue weighted by Gasteiger charge is 2.11. The molecule has 1 rings (SSSR count). The van der Waals surface area contributed by atoms with Crippen LogP contribution in [0, 0.1) is 0 Å². The van der Waals surface area contributed by atoms with Crippen LogP contribution in [0.15, 0.2) is 30.3 Å². The second-order valence-corrected chi connectivity index (χ2v) is 2.99. The molecule has 0 saturated carbocycles. The number of esters is 1. The molecule has 0 saturated heterocycles. The van der Waals surface area contributed by atoms with Crippen molar-refractivity contribution in [1.29, 1.82) is 0 Å². The van der Waals surface area contributed by atoms with Crippen molar-refractivity contribution in [1.82, 2.24) is 0 Å². The summed E-state index contributed by atoms with van der Waals surface area (Å²) >= 11 is 0. The zero-order valence-corrected chi connectivity index (χ0v) is 8.07. The molecule has 0 N–H and O–H groups in total. The van der Waals surface area contributed by atoms with Gasteiger partial charge >= 0.3 is 5.97 Å². The van der Waals surface area contributed by atoms with E-state index in [1.807, 2.05) is 6.07 Å². The van der Waals surface area contributed by atoms with Gasteiger partial charge < -0.3 is 4.74 Å². The van der Waals surface area contributed by atoms with Crippen molar-refractivity contribution in [3.63, 3.8) is 0 Å². The maximum absolute atomic E-state index is 13.4. The van der Waals surface area contributed by atoms with Crippen molar-refractivity contribution in [2.45, 2.75) is 19.0 Å². The van der Waals surface area contributed by atoms with Gasteiger partial charge in [0.15, 0.2) is 0 Å². The number of halogens is 1. The van der Waals surface area contributed by atoms with E-state index in [1.54, 1.807) is 24.3 Å². The van der Waals surface area contributed by atoms with Crippen molar-refractivity contribution in [3.05, 3.63) is 35.9 Å². The third-order valence-electron chi connectivity index (χ3n) is 1.99. The van der Waals surface area contributed by atoms with Gasteiger partial charge in [-0.05, 0) is 12.0 Å². The fourth-order valence-electron chi connectivity index (χ4n) is 1.18. The van der Waals surface area contributed by atoms with Crippen LogP contribution in [0.25, 0.3) is 0 Å². The highest BCUT2D eigenvalue weighted by atomic mass is 19.1. The molecule has 0 bridgehead atoms. The number of ether oxygens (including phenoxy) is 1. The van der Waals surface area contributed by atoms with E-state index in [9.17, 15) is 9.18 Å². The number of carbonyl (C=O) groups excluding carboxylic acids is 1. The van der Waals surface area contributed by atoms with Crippen LogP contribution in [0.4, 0.5) is 4.39 Å². The highest BCUT2D eigenvalue weighted by Crippen LogP contribution is 2.22. The van der Waals surface area contributed by atoms with Crippen molar-refractivity contribution in [2.75, 3.05) is 7.11 Å². The zero-order chi connectivity index (χ0) is 10.4. The van der Waals surface area contributed by atoms with Gasteiger partial charge in [0, 0.05) is 6.42 Å². The van der Waals surface area contributed by atoms with Crippen molar-refractivity contribution in [2.24, 2.45) is 0 Å². The van der Waals surface area contributed by atoms with E-state index in [4.69, 9.17) is 0 Å². The van der Waals surface area contributed by atoms with Crippen LogP contribution >= 0.6 is 0 Å². The average Bonchev–Trinajstić information content (AvgIpc) is 2.26. The minimum Gasteiger partial charge on any atom is -0.469 e. The predicted octanol–water partition coefficient (Wildman–Crippen LogP) is 2.65. The normalized spacial score (nSPS) is 12.1. The molecular formula is C11H13FO2. The number of alkyl halides is 1. The van der Waals surface area contributed by atoms with Gasteiger partial charge in [-0.3, -0.25) is 4.79 Å². The molecule has 2 nitrogen and oxygen atoms in total. The molecule has 0 aromatic heterocycles. The van der Waals surface area contributed by atoms with E-state index >= 15 is 0 Å². The summed E-state index contributed by atoms with van der Waals surface area (Å²) in [5.74, 6) is -0.372. The molecule has 14 heavy (non-hydrogen) atoms. The Morgan fingerprint density at radius 2 is 2.07 bits per heavy atom.